The van der Waals surface area contributed by atoms with Crippen LogP contribution in [0.3, 0.4) is 0 Å². The maximum absolute atomic E-state index is 12.4. The molecular formula is C11H10F3NO5. The van der Waals surface area contributed by atoms with Gasteiger partial charge in [-0.25, -0.2) is 0 Å². The smallest absolute Gasteiger partial charge is 0.456 e. The Morgan fingerprint density at radius 2 is 1.65 bits per heavy atom. The van der Waals surface area contributed by atoms with Gasteiger partial charge < -0.3 is 14.8 Å². The summed E-state index contributed by atoms with van der Waals surface area (Å²) in [5.41, 5.74) is -0.787. The lowest BCUT2D eigenvalue weighted by Crippen LogP contribution is -2.28. The first kappa shape index (κ1) is 15.7. The van der Waals surface area contributed by atoms with Gasteiger partial charge >= 0.3 is 18.1 Å². The molecular weight excluding hydrogens is 283 g/mol. The van der Waals surface area contributed by atoms with E-state index in [1.807, 2.05) is 0 Å². The number of hydrogen-bond donors (Lipinski definition) is 2. The Balaban J connectivity index is 3.15. The van der Waals surface area contributed by atoms with E-state index in [0.29, 0.717) is 0 Å². The van der Waals surface area contributed by atoms with Crippen LogP contribution < -0.4 is 0 Å². The SMILES string of the molecule is O=C(O)CC(CC(=O)O)n1cccc1C(=O)C(F)(F)F. The minimum atomic E-state index is -5.12. The Labute approximate surface area is 110 Å². The summed E-state index contributed by atoms with van der Waals surface area (Å²) in [6.07, 6.45) is -5.49. The molecule has 0 saturated heterocycles. The quantitative estimate of drug-likeness (QED) is 0.778. The summed E-state index contributed by atoms with van der Waals surface area (Å²) in [5, 5.41) is 17.3. The Kier molecular flexibility index (Phi) is 4.53. The molecule has 1 aromatic heterocycles. The van der Waals surface area contributed by atoms with Gasteiger partial charge in [0.1, 0.15) is 0 Å². The van der Waals surface area contributed by atoms with Crippen molar-refractivity contribution >= 4 is 17.7 Å². The van der Waals surface area contributed by atoms with Gasteiger partial charge in [0.2, 0.25) is 0 Å². The summed E-state index contributed by atoms with van der Waals surface area (Å²) < 4.78 is 37.9. The van der Waals surface area contributed by atoms with Crippen LogP contribution in [0.4, 0.5) is 13.2 Å². The predicted octanol–water partition coefficient (Wildman–Crippen LogP) is 1.72. The zero-order valence-corrected chi connectivity index (χ0v) is 9.92. The fourth-order valence-electron chi connectivity index (χ4n) is 1.72. The number of rotatable bonds is 6. The van der Waals surface area contributed by atoms with Gasteiger partial charge in [-0.3, -0.25) is 14.4 Å². The van der Waals surface area contributed by atoms with E-state index in [1.165, 1.54) is 0 Å². The van der Waals surface area contributed by atoms with E-state index in [9.17, 15) is 27.6 Å². The fourth-order valence-corrected chi connectivity index (χ4v) is 1.72. The van der Waals surface area contributed by atoms with Crippen LogP contribution in [0.1, 0.15) is 29.4 Å². The van der Waals surface area contributed by atoms with Crippen molar-refractivity contribution in [1.82, 2.24) is 4.57 Å². The van der Waals surface area contributed by atoms with Gasteiger partial charge in [-0.2, -0.15) is 13.2 Å². The third-order valence-electron chi connectivity index (χ3n) is 2.48. The van der Waals surface area contributed by atoms with E-state index < -0.39 is 48.5 Å². The molecule has 0 aliphatic rings. The molecule has 0 aliphatic carbocycles. The number of halogens is 3. The molecule has 1 heterocycles. The van der Waals surface area contributed by atoms with Crippen LogP contribution in [0.5, 0.6) is 0 Å². The summed E-state index contributed by atoms with van der Waals surface area (Å²) in [4.78, 5) is 32.5. The first-order chi connectivity index (χ1) is 9.12. The van der Waals surface area contributed by atoms with Crippen LogP contribution >= 0.6 is 0 Å². The third kappa shape index (κ3) is 3.84. The molecule has 1 rings (SSSR count). The highest BCUT2D eigenvalue weighted by molar-refractivity contribution is 5.99. The molecule has 1 aromatic rings. The molecule has 0 bridgehead atoms. The van der Waals surface area contributed by atoms with Crippen molar-refractivity contribution in [3.63, 3.8) is 0 Å². The number of carboxylic acids is 2. The van der Waals surface area contributed by atoms with Crippen molar-refractivity contribution in [2.24, 2.45) is 0 Å². The molecule has 0 saturated carbocycles. The molecule has 0 radical (unpaired) electrons. The van der Waals surface area contributed by atoms with Crippen molar-refractivity contribution in [3.05, 3.63) is 24.0 Å². The van der Waals surface area contributed by atoms with Crippen LogP contribution in [0.25, 0.3) is 0 Å². The summed E-state index contributed by atoms with van der Waals surface area (Å²) in [6.45, 7) is 0. The molecule has 0 fully saturated rings. The van der Waals surface area contributed by atoms with Crippen LogP contribution in [0.2, 0.25) is 0 Å². The highest BCUT2D eigenvalue weighted by Gasteiger charge is 2.41. The number of ketones is 1. The van der Waals surface area contributed by atoms with Gasteiger partial charge in [0.15, 0.2) is 0 Å². The molecule has 0 aromatic carbocycles. The molecule has 0 aliphatic heterocycles. The van der Waals surface area contributed by atoms with Gasteiger partial charge in [-0.15, -0.1) is 0 Å². The lowest BCUT2D eigenvalue weighted by atomic mass is 10.1. The van der Waals surface area contributed by atoms with Gasteiger partial charge in [0.05, 0.1) is 24.6 Å². The molecule has 0 unspecified atom stereocenters. The van der Waals surface area contributed by atoms with Gasteiger partial charge in [0, 0.05) is 6.20 Å². The first-order valence-electron chi connectivity index (χ1n) is 5.35. The summed E-state index contributed by atoms with van der Waals surface area (Å²) in [7, 11) is 0. The van der Waals surface area contributed by atoms with E-state index >= 15 is 0 Å². The molecule has 9 heteroatoms. The van der Waals surface area contributed by atoms with Crippen molar-refractivity contribution in [2.45, 2.75) is 25.1 Å². The summed E-state index contributed by atoms with van der Waals surface area (Å²) >= 11 is 0. The monoisotopic (exact) mass is 293 g/mol. The van der Waals surface area contributed by atoms with Crippen LogP contribution in [0.15, 0.2) is 18.3 Å². The first-order valence-corrected chi connectivity index (χ1v) is 5.35. The minimum Gasteiger partial charge on any atom is -0.481 e. The largest absolute Gasteiger partial charge is 0.481 e. The van der Waals surface area contributed by atoms with Crippen molar-refractivity contribution in [1.29, 1.82) is 0 Å². The molecule has 110 valence electrons. The molecule has 0 spiro atoms. The second-order valence-electron chi connectivity index (χ2n) is 3.98. The Bertz CT molecular complexity index is 518. The number of aromatic nitrogens is 1. The second-order valence-corrected chi connectivity index (χ2v) is 3.98. The number of alkyl halides is 3. The number of carbonyl (C=O) groups excluding carboxylic acids is 1. The lowest BCUT2D eigenvalue weighted by molar-refractivity contribution is -0.140. The highest BCUT2D eigenvalue weighted by Crippen LogP contribution is 2.26. The van der Waals surface area contributed by atoms with E-state index in [-0.39, 0.29) is 0 Å². The molecule has 2 N–H and O–H groups in total. The maximum atomic E-state index is 12.4. The summed E-state index contributed by atoms with van der Waals surface area (Å²) in [6, 6.07) is 0.712. The standard InChI is InChI=1S/C11H10F3NO5/c12-11(13,14)10(20)7-2-1-3-15(7)6(4-8(16)17)5-9(18)19/h1-3,6H,4-5H2,(H,16,17)(H,18,19). The zero-order valence-electron chi connectivity index (χ0n) is 9.92. The Hall–Kier alpha value is -2.32. The topological polar surface area (TPSA) is 96.6 Å². The number of carbonyl (C=O) groups is 3. The number of nitrogens with zero attached hydrogens (tertiary/aromatic N) is 1. The normalized spacial score (nSPS) is 11.6. The second kappa shape index (κ2) is 5.76. The number of aliphatic carboxylic acids is 2. The van der Waals surface area contributed by atoms with Crippen LogP contribution in [-0.2, 0) is 9.59 Å². The van der Waals surface area contributed by atoms with Gasteiger partial charge in [0.25, 0.3) is 5.78 Å². The Morgan fingerprint density at radius 1 is 1.15 bits per heavy atom. The molecule has 20 heavy (non-hydrogen) atoms. The summed E-state index contributed by atoms with van der Waals surface area (Å²) in [5.74, 6) is -4.91. The number of Topliss-reactive ketones (excluding diaryl/α,β-unsaturated/α-hetero) is 1. The van der Waals surface area contributed by atoms with Gasteiger partial charge in [-0.1, -0.05) is 0 Å². The Morgan fingerprint density at radius 3 is 2.05 bits per heavy atom. The van der Waals surface area contributed by atoms with Crippen molar-refractivity contribution < 1.29 is 37.8 Å². The third-order valence-corrected chi connectivity index (χ3v) is 2.48. The minimum absolute atomic E-state index is 0.709. The van der Waals surface area contributed by atoms with Crippen LogP contribution in [-0.4, -0.2) is 38.7 Å². The highest BCUT2D eigenvalue weighted by atomic mass is 19.4. The van der Waals surface area contributed by atoms with E-state index in [1.54, 1.807) is 0 Å². The van der Waals surface area contributed by atoms with Gasteiger partial charge in [-0.05, 0) is 12.1 Å². The predicted molar refractivity (Wildman–Crippen MR) is 58.4 cm³/mol. The van der Waals surface area contributed by atoms with Crippen LogP contribution in [0, 0.1) is 0 Å². The van der Waals surface area contributed by atoms with E-state index in [2.05, 4.69) is 0 Å². The fraction of sp³-hybridized carbons (Fsp3) is 0.364. The number of carboxylic acid groups (broad SMARTS) is 2. The van der Waals surface area contributed by atoms with Crippen molar-refractivity contribution in [3.8, 4) is 0 Å². The number of hydrogen-bond acceptors (Lipinski definition) is 3. The maximum Gasteiger partial charge on any atom is 0.456 e. The average molecular weight is 293 g/mol. The van der Waals surface area contributed by atoms with E-state index in [4.69, 9.17) is 10.2 Å². The zero-order chi connectivity index (χ0) is 15.5. The molecule has 6 nitrogen and oxygen atoms in total. The average Bonchev–Trinajstić information content (AvgIpc) is 2.72. The van der Waals surface area contributed by atoms with E-state index in [0.717, 1.165) is 22.9 Å². The molecule has 0 amide bonds. The molecule has 0 atom stereocenters. The lowest BCUT2D eigenvalue weighted by Gasteiger charge is -2.18. The van der Waals surface area contributed by atoms with Crippen molar-refractivity contribution in [2.75, 3.05) is 0 Å².